The Bertz CT molecular complexity index is 429. The van der Waals surface area contributed by atoms with Gasteiger partial charge in [0.05, 0.1) is 5.69 Å². The number of anilines is 1. The molecule has 0 aliphatic heterocycles. The smallest absolute Gasteiger partial charge is 0.319 e. The number of hydrogen-bond donors (Lipinski definition) is 3. The third-order valence-electron chi connectivity index (χ3n) is 2.68. The van der Waals surface area contributed by atoms with E-state index in [2.05, 4.69) is 26.6 Å². The van der Waals surface area contributed by atoms with Crippen LogP contribution in [0.25, 0.3) is 0 Å². The summed E-state index contributed by atoms with van der Waals surface area (Å²) in [5.74, 6) is 0.00408. The number of halogens is 2. The van der Waals surface area contributed by atoms with E-state index in [9.17, 15) is 4.79 Å². The van der Waals surface area contributed by atoms with E-state index < -0.39 is 0 Å². The first-order valence-corrected chi connectivity index (χ1v) is 6.74. The maximum absolute atomic E-state index is 11.7. The summed E-state index contributed by atoms with van der Waals surface area (Å²) < 4.78 is 0.716. The topological polar surface area (TPSA) is 61.4 Å². The van der Waals surface area contributed by atoms with Crippen LogP contribution in [-0.4, -0.2) is 23.8 Å². The minimum Gasteiger partial charge on any atom is -0.396 e. The zero-order chi connectivity index (χ0) is 13.7. The number of carbonyl (C=O) groups is 1. The van der Waals surface area contributed by atoms with Gasteiger partial charge in [0, 0.05) is 22.1 Å². The van der Waals surface area contributed by atoms with Gasteiger partial charge in [-0.15, -0.1) is 0 Å². The molecule has 18 heavy (non-hydrogen) atoms. The summed E-state index contributed by atoms with van der Waals surface area (Å²) in [5, 5.41) is 15.0. The summed E-state index contributed by atoms with van der Waals surface area (Å²) in [6, 6.07) is 4.69. The monoisotopic (exact) mass is 334 g/mol. The number of aliphatic hydroxyl groups excluding tert-OH is 1. The molecule has 1 aromatic rings. The quantitative estimate of drug-likeness (QED) is 0.791. The van der Waals surface area contributed by atoms with Crippen molar-refractivity contribution in [3.8, 4) is 0 Å². The zero-order valence-corrected chi connectivity index (χ0v) is 12.5. The third-order valence-corrected chi connectivity index (χ3v) is 3.57. The highest BCUT2D eigenvalue weighted by atomic mass is 79.9. The molecule has 0 aliphatic rings. The summed E-state index contributed by atoms with van der Waals surface area (Å²) in [6.45, 7) is 3.74. The van der Waals surface area contributed by atoms with Crippen LogP contribution in [0.2, 0.25) is 5.02 Å². The van der Waals surface area contributed by atoms with Gasteiger partial charge in [-0.2, -0.15) is 0 Å². The second-order valence-electron chi connectivity index (χ2n) is 4.17. The van der Waals surface area contributed by atoms with Crippen LogP contribution in [0.1, 0.15) is 13.8 Å². The van der Waals surface area contributed by atoms with Crippen molar-refractivity contribution < 1.29 is 9.90 Å². The number of amides is 2. The van der Waals surface area contributed by atoms with Gasteiger partial charge in [0.25, 0.3) is 0 Å². The van der Waals surface area contributed by atoms with Gasteiger partial charge in [0.2, 0.25) is 0 Å². The molecule has 1 rings (SSSR count). The summed E-state index contributed by atoms with van der Waals surface area (Å²) in [7, 11) is 0. The van der Waals surface area contributed by atoms with Crippen LogP contribution in [0.3, 0.4) is 0 Å². The lowest BCUT2D eigenvalue weighted by Crippen LogP contribution is -2.40. The largest absolute Gasteiger partial charge is 0.396 e. The van der Waals surface area contributed by atoms with Gasteiger partial charge in [-0.3, -0.25) is 0 Å². The van der Waals surface area contributed by atoms with E-state index in [0.717, 1.165) is 0 Å². The minimum atomic E-state index is -0.314. The molecule has 0 aromatic heterocycles. The van der Waals surface area contributed by atoms with Crippen LogP contribution < -0.4 is 10.6 Å². The molecule has 0 heterocycles. The lowest BCUT2D eigenvalue weighted by Gasteiger charge is -2.19. The van der Waals surface area contributed by atoms with E-state index in [-0.39, 0.29) is 24.6 Å². The maximum atomic E-state index is 11.7. The fourth-order valence-corrected chi connectivity index (χ4v) is 2.04. The van der Waals surface area contributed by atoms with Gasteiger partial charge in [-0.1, -0.05) is 18.5 Å². The molecular formula is C12H16BrClN2O2. The van der Waals surface area contributed by atoms with Gasteiger partial charge in [0.1, 0.15) is 0 Å². The van der Waals surface area contributed by atoms with Gasteiger partial charge < -0.3 is 15.7 Å². The van der Waals surface area contributed by atoms with Gasteiger partial charge in [0.15, 0.2) is 0 Å². The first-order valence-electron chi connectivity index (χ1n) is 5.57. The van der Waals surface area contributed by atoms with Crippen molar-refractivity contribution in [1.82, 2.24) is 5.32 Å². The van der Waals surface area contributed by atoms with E-state index in [0.29, 0.717) is 15.2 Å². The van der Waals surface area contributed by atoms with Gasteiger partial charge >= 0.3 is 6.03 Å². The second kappa shape index (κ2) is 6.97. The Kier molecular flexibility index (Phi) is 5.91. The van der Waals surface area contributed by atoms with Crippen molar-refractivity contribution >= 4 is 39.2 Å². The summed E-state index contributed by atoms with van der Waals surface area (Å²) >= 11 is 9.13. The normalized spacial score (nSPS) is 13.8. The third kappa shape index (κ3) is 4.48. The molecule has 0 bridgehead atoms. The maximum Gasteiger partial charge on any atom is 0.319 e. The van der Waals surface area contributed by atoms with Crippen LogP contribution in [0.5, 0.6) is 0 Å². The molecular weight excluding hydrogens is 320 g/mol. The Morgan fingerprint density at radius 3 is 2.72 bits per heavy atom. The van der Waals surface area contributed by atoms with Crippen molar-refractivity contribution in [3.63, 3.8) is 0 Å². The van der Waals surface area contributed by atoms with Crippen molar-refractivity contribution in [1.29, 1.82) is 0 Å². The molecule has 1 aromatic carbocycles. The second-order valence-corrected chi connectivity index (χ2v) is 5.46. The number of hydrogen-bond acceptors (Lipinski definition) is 2. The Morgan fingerprint density at radius 1 is 1.50 bits per heavy atom. The number of benzene rings is 1. The van der Waals surface area contributed by atoms with E-state index in [1.165, 1.54) is 0 Å². The number of aliphatic hydroxyl groups is 1. The first kappa shape index (κ1) is 15.3. The predicted molar refractivity (Wildman–Crippen MR) is 77.0 cm³/mol. The summed E-state index contributed by atoms with van der Waals surface area (Å²) in [6.07, 6.45) is 0. The highest BCUT2D eigenvalue weighted by Crippen LogP contribution is 2.25. The van der Waals surface area contributed by atoms with E-state index in [4.69, 9.17) is 16.7 Å². The zero-order valence-electron chi connectivity index (χ0n) is 10.2. The number of carbonyl (C=O) groups excluding carboxylic acids is 1. The fraction of sp³-hybridized carbons (Fsp3) is 0.417. The van der Waals surface area contributed by atoms with Crippen molar-refractivity contribution in [2.45, 2.75) is 19.9 Å². The van der Waals surface area contributed by atoms with Gasteiger partial charge in [-0.05, 0) is 47.0 Å². The van der Waals surface area contributed by atoms with Crippen LogP contribution in [-0.2, 0) is 0 Å². The molecule has 2 amide bonds. The molecule has 0 spiro atoms. The lowest BCUT2D eigenvalue weighted by atomic mass is 10.1. The molecule has 0 saturated heterocycles. The molecule has 4 nitrogen and oxygen atoms in total. The fourth-order valence-electron chi connectivity index (χ4n) is 1.26. The van der Waals surface area contributed by atoms with Crippen LogP contribution in [0.15, 0.2) is 22.7 Å². The highest BCUT2D eigenvalue weighted by Gasteiger charge is 2.14. The van der Waals surface area contributed by atoms with Crippen LogP contribution in [0.4, 0.5) is 10.5 Å². The van der Waals surface area contributed by atoms with E-state index in [1.807, 2.05) is 13.8 Å². The molecule has 6 heteroatoms. The SMILES string of the molecule is CC(CO)C(C)NC(=O)Nc1ccc(Cl)cc1Br. The Hall–Kier alpha value is -0.780. The average Bonchev–Trinajstić information content (AvgIpc) is 2.31. The van der Waals surface area contributed by atoms with Crippen molar-refractivity contribution in [3.05, 3.63) is 27.7 Å². The predicted octanol–water partition coefficient (Wildman–Crippen LogP) is 3.24. The number of rotatable bonds is 4. The minimum absolute atomic E-state index is 0.00408. The Balaban J connectivity index is 2.59. The molecule has 2 unspecified atom stereocenters. The van der Waals surface area contributed by atoms with Crippen molar-refractivity contribution in [2.75, 3.05) is 11.9 Å². The van der Waals surface area contributed by atoms with E-state index >= 15 is 0 Å². The van der Waals surface area contributed by atoms with E-state index in [1.54, 1.807) is 18.2 Å². The van der Waals surface area contributed by atoms with Crippen molar-refractivity contribution in [2.24, 2.45) is 5.92 Å². The van der Waals surface area contributed by atoms with Gasteiger partial charge in [-0.25, -0.2) is 4.79 Å². The molecule has 0 fully saturated rings. The lowest BCUT2D eigenvalue weighted by molar-refractivity contribution is 0.204. The number of urea groups is 1. The molecule has 2 atom stereocenters. The Labute approximate surface area is 120 Å². The molecule has 0 saturated carbocycles. The highest BCUT2D eigenvalue weighted by molar-refractivity contribution is 9.10. The average molecular weight is 336 g/mol. The standard InChI is InChI=1S/C12H16BrClN2O2/c1-7(6-17)8(2)15-12(18)16-11-4-3-9(14)5-10(11)13/h3-5,7-8,17H,6H2,1-2H3,(H2,15,16,18). The summed E-state index contributed by atoms with van der Waals surface area (Å²) in [4.78, 5) is 11.7. The Morgan fingerprint density at radius 2 is 2.17 bits per heavy atom. The molecule has 0 radical (unpaired) electrons. The first-order chi connectivity index (χ1) is 8.43. The molecule has 3 N–H and O–H groups in total. The number of nitrogens with one attached hydrogen (secondary N) is 2. The molecule has 100 valence electrons. The van der Waals surface area contributed by atoms with Crippen LogP contribution >= 0.6 is 27.5 Å². The summed E-state index contributed by atoms with van der Waals surface area (Å²) in [5.41, 5.74) is 0.640. The van der Waals surface area contributed by atoms with Crippen LogP contribution in [0, 0.1) is 5.92 Å². The molecule has 0 aliphatic carbocycles.